The van der Waals surface area contributed by atoms with Gasteiger partial charge < -0.3 is 15.4 Å². The number of ether oxygens (including phenoxy) is 1. The average molecular weight is 323 g/mol. The third-order valence-corrected chi connectivity index (χ3v) is 3.14. The third kappa shape index (κ3) is 3.57. The van der Waals surface area contributed by atoms with Crippen LogP contribution in [0.25, 0.3) is 0 Å². The molecule has 0 atom stereocenters. The second kappa shape index (κ2) is 6.38. The Bertz CT molecular complexity index is 562. The van der Waals surface area contributed by atoms with Crippen LogP contribution in [0.4, 0.5) is 11.8 Å². The zero-order chi connectivity index (χ0) is 13.7. The fourth-order valence-corrected chi connectivity index (χ4v) is 1.91. The van der Waals surface area contributed by atoms with Crippen molar-refractivity contribution >= 4 is 27.7 Å². The second-order valence-electron chi connectivity index (χ2n) is 3.85. The molecule has 6 heteroatoms. The van der Waals surface area contributed by atoms with Crippen LogP contribution in [0.5, 0.6) is 5.75 Å². The van der Waals surface area contributed by atoms with Crippen LogP contribution in [0.1, 0.15) is 5.56 Å². The first-order chi connectivity index (χ1) is 9.22. The molecule has 1 aromatic heterocycles. The van der Waals surface area contributed by atoms with Crippen LogP contribution in [-0.2, 0) is 6.54 Å². The fourth-order valence-electron chi connectivity index (χ4n) is 1.58. The summed E-state index contributed by atoms with van der Waals surface area (Å²) in [4.78, 5) is 8.45. The van der Waals surface area contributed by atoms with Gasteiger partial charge in [-0.05, 0) is 33.6 Å². The Kier molecular flexibility index (Phi) is 4.57. The second-order valence-corrected chi connectivity index (χ2v) is 4.70. The van der Waals surface area contributed by atoms with E-state index in [1.54, 1.807) is 20.4 Å². The first-order valence-electron chi connectivity index (χ1n) is 5.80. The molecule has 2 rings (SSSR count). The van der Waals surface area contributed by atoms with Gasteiger partial charge in [0, 0.05) is 19.8 Å². The van der Waals surface area contributed by atoms with Gasteiger partial charge in [0.25, 0.3) is 0 Å². The number of nitrogens with one attached hydrogen (secondary N) is 2. The number of hydrogen-bond acceptors (Lipinski definition) is 5. The molecule has 1 aromatic carbocycles. The topological polar surface area (TPSA) is 59.1 Å². The first kappa shape index (κ1) is 13.6. The summed E-state index contributed by atoms with van der Waals surface area (Å²) >= 11 is 3.42. The van der Waals surface area contributed by atoms with Crippen molar-refractivity contribution in [1.82, 2.24) is 9.97 Å². The first-order valence-corrected chi connectivity index (χ1v) is 6.59. The lowest BCUT2D eigenvalue weighted by molar-refractivity contribution is 0.414. The molecular formula is C13H15BrN4O. The minimum atomic E-state index is 0.580. The highest BCUT2D eigenvalue weighted by Crippen LogP contribution is 2.21. The van der Waals surface area contributed by atoms with Crippen LogP contribution < -0.4 is 15.4 Å². The maximum absolute atomic E-state index is 5.19. The molecule has 0 saturated heterocycles. The highest BCUT2D eigenvalue weighted by atomic mass is 79.9. The van der Waals surface area contributed by atoms with Gasteiger partial charge in [-0.15, -0.1) is 0 Å². The molecule has 0 aliphatic heterocycles. The molecule has 100 valence electrons. The normalized spacial score (nSPS) is 10.1. The van der Waals surface area contributed by atoms with Crippen molar-refractivity contribution in [2.45, 2.75) is 6.54 Å². The maximum atomic E-state index is 5.19. The molecule has 0 aliphatic carbocycles. The van der Waals surface area contributed by atoms with Crippen molar-refractivity contribution in [1.29, 1.82) is 0 Å². The van der Waals surface area contributed by atoms with Crippen LogP contribution in [0, 0.1) is 0 Å². The quantitative estimate of drug-likeness (QED) is 0.886. The van der Waals surface area contributed by atoms with Gasteiger partial charge in [0.15, 0.2) is 0 Å². The number of benzene rings is 1. The molecule has 0 radical (unpaired) electrons. The summed E-state index contributed by atoms with van der Waals surface area (Å²) in [6, 6.07) is 7.90. The summed E-state index contributed by atoms with van der Waals surface area (Å²) in [5, 5.41) is 6.17. The molecule has 0 saturated carbocycles. The van der Waals surface area contributed by atoms with E-state index < -0.39 is 0 Å². The highest BCUT2D eigenvalue weighted by molar-refractivity contribution is 9.10. The average Bonchev–Trinajstić information content (AvgIpc) is 2.46. The van der Waals surface area contributed by atoms with Gasteiger partial charge in [-0.2, -0.15) is 4.98 Å². The molecule has 0 unspecified atom stereocenters. The third-order valence-electron chi connectivity index (χ3n) is 2.56. The number of hydrogen-bond donors (Lipinski definition) is 2. The SMILES string of the molecule is CNc1ncc(Br)c(NCc2cccc(OC)c2)n1. The summed E-state index contributed by atoms with van der Waals surface area (Å²) in [7, 11) is 3.45. The summed E-state index contributed by atoms with van der Waals surface area (Å²) in [6.07, 6.45) is 1.72. The zero-order valence-corrected chi connectivity index (χ0v) is 12.4. The zero-order valence-electron chi connectivity index (χ0n) is 10.8. The summed E-state index contributed by atoms with van der Waals surface area (Å²) in [5.41, 5.74) is 1.12. The van der Waals surface area contributed by atoms with Gasteiger partial charge in [0.05, 0.1) is 11.6 Å². The monoisotopic (exact) mass is 322 g/mol. The van der Waals surface area contributed by atoms with E-state index in [2.05, 4.69) is 36.5 Å². The van der Waals surface area contributed by atoms with Crippen molar-refractivity contribution in [2.24, 2.45) is 0 Å². The minimum Gasteiger partial charge on any atom is -0.497 e. The van der Waals surface area contributed by atoms with E-state index in [4.69, 9.17) is 4.74 Å². The van der Waals surface area contributed by atoms with Gasteiger partial charge in [0.2, 0.25) is 5.95 Å². The highest BCUT2D eigenvalue weighted by Gasteiger charge is 2.04. The predicted octanol–water partition coefficient (Wildman–Crippen LogP) is 2.90. The predicted molar refractivity (Wildman–Crippen MR) is 79.6 cm³/mol. The smallest absolute Gasteiger partial charge is 0.224 e. The Morgan fingerprint density at radius 1 is 1.37 bits per heavy atom. The molecule has 0 amide bonds. The van der Waals surface area contributed by atoms with Crippen LogP contribution in [0.2, 0.25) is 0 Å². The van der Waals surface area contributed by atoms with E-state index in [1.165, 1.54) is 0 Å². The molecule has 0 spiro atoms. The van der Waals surface area contributed by atoms with Crippen LogP contribution in [0.3, 0.4) is 0 Å². The summed E-state index contributed by atoms with van der Waals surface area (Å²) in [6.45, 7) is 0.663. The Hall–Kier alpha value is -1.82. The van der Waals surface area contributed by atoms with E-state index in [0.29, 0.717) is 12.5 Å². The van der Waals surface area contributed by atoms with Gasteiger partial charge in [-0.1, -0.05) is 12.1 Å². The lowest BCUT2D eigenvalue weighted by atomic mass is 10.2. The molecule has 19 heavy (non-hydrogen) atoms. The molecule has 0 aliphatic rings. The number of nitrogens with zero attached hydrogens (tertiary/aromatic N) is 2. The van der Waals surface area contributed by atoms with Crippen molar-refractivity contribution < 1.29 is 4.74 Å². The Morgan fingerprint density at radius 3 is 2.95 bits per heavy atom. The lowest BCUT2D eigenvalue weighted by Gasteiger charge is -2.09. The molecule has 1 heterocycles. The Balaban J connectivity index is 2.09. The molecule has 0 fully saturated rings. The molecule has 5 nitrogen and oxygen atoms in total. The van der Waals surface area contributed by atoms with Crippen LogP contribution in [0.15, 0.2) is 34.9 Å². The number of rotatable bonds is 5. The van der Waals surface area contributed by atoms with Gasteiger partial charge in [-0.25, -0.2) is 4.98 Å². The standard InChI is InChI=1S/C13H15BrN4O/c1-15-13-17-8-11(14)12(18-13)16-7-9-4-3-5-10(6-9)19-2/h3-6,8H,7H2,1-2H3,(H2,15,16,17,18). The van der Waals surface area contributed by atoms with Crippen LogP contribution >= 0.6 is 15.9 Å². The molecular weight excluding hydrogens is 308 g/mol. The fraction of sp³-hybridized carbons (Fsp3) is 0.231. The number of aromatic nitrogens is 2. The molecule has 2 N–H and O–H groups in total. The van der Waals surface area contributed by atoms with Crippen molar-refractivity contribution in [3.63, 3.8) is 0 Å². The van der Waals surface area contributed by atoms with E-state index in [9.17, 15) is 0 Å². The largest absolute Gasteiger partial charge is 0.497 e. The van der Waals surface area contributed by atoms with Gasteiger partial charge in [-0.3, -0.25) is 0 Å². The van der Waals surface area contributed by atoms with E-state index >= 15 is 0 Å². The van der Waals surface area contributed by atoms with Crippen LogP contribution in [-0.4, -0.2) is 24.1 Å². The Labute approximate surface area is 120 Å². The maximum Gasteiger partial charge on any atom is 0.224 e. The molecule has 2 aromatic rings. The number of halogens is 1. The Morgan fingerprint density at radius 2 is 2.21 bits per heavy atom. The van der Waals surface area contributed by atoms with Gasteiger partial charge in [0.1, 0.15) is 11.6 Å². The number of anilines is 2. The van der Waals surface area contributed by atoms with Crippen molar-refractivity contribution in [3.05, 3.63) is 40.5 Å². The van der Waals surface area contributed by atoms with Crippen molar-refractivity contribution in [2.75, 3.05) is 24.8 Å². The summed E-state index contributed by atoms with van der Waals surface area (Å²) in [5.74, 6) is 2.18. The number of methoxy groups -OCH3 is 1. The van der Waals surface area contributed by atoms with E-state index in [-0.39, 0.29) is 0 Å². The van der Waals surface area contributed by atoms with Gasteiger partial charge >= 0.3 is 0 Å². The lowest BCUT2D eigenvalue weighted by Crippen LogP contribution is -2.05. The van der Waals surface area contributed by atoms with E-state index in [1.807, 2.05) is 24.3 Å². The molecule has 0 bridgehead atoms. The van der Waals surface area contributed by atoms with E-state index in [0.717, 1.165) is 21.6 Å². The van der Waals surface area contributed by atoms with Crippen molar-refractivity contribution in [3.8, 4) is 5.75 Å². The minimum absolute atomic E-state index is 0.580. The summed E-state index contributed by atoms with van der Waals surface area (Å²) < 4.78 is 6.02.